The number of rotatable bonds is 10. The summed E-state index contributed by atoms with van der Waals surface area (Å²) < 4.78 is 12.6. The lowest BCUT2D eigenvalue weighted by molar-refractivity contribution is 0.0947. The van der Waals surface area contributed by atoms with Crippen molar-refractivity contribution in [3.8, 4) is 22.8 Å². The van der Waals surface area contributed by atoms with Gasteiger partial charge in [-0.25, -0.2) is 14.6 Å². The highest BCUT2D eigenvalue weighted by molar-refractivity contribution is 7.99. The molecule has 0 aliphatic carbocycles. The number of nitrogens with zero attached hydrogens (tertiary/aromatic N) is 6. The van der Waals surface area contributed by atoms with E-state index in [0.717, 1.165) is 46.4 Å². The molecular formula is C25H30N8O3S. The Labute approximate surface area is 219 Å². The number of thioether (sulfide) groups is 1. The third-order valence-electron chi connectivity index (χ3n) is 6.25. The molecule has 2 N–H and O–H groups in total. The van der Waals surface area contributed by atoms with E-state index in [9.17, 15) is 4.79 Å². The van der Waals surface area contributed by atoms with E-state index in [4.69, 9.17) is 19.4 Å². The van der Waals surface area contributed by atoms with Gasteiger partial charge in [-0.3, -0.25) is 9.89 Å². The number of fused-ring (bicyclic) bond motifs is 1. The number of hydrogen-bond acceptors (Lipinski definition) is 9. The van der Waals surface area contributed by atoms with Gasteiger partial charge in [0.25, 0.3) is 5.91 Å². The first kappa shape index (κ1) is 24.9. The number of aromatic nitrogens is 6. The second-order valence-electron chi connectivity index (χ2n) is 8.55. The van der Waals surface area contributed by atoms with E-state index >= 15 is 0 Å². The number of H-pyrrole nitrogens is 1. The Morgan fingerprint density at radius 1 is 1.16 bits per heavy atom. The maximum Gasteiger partial charge on any atom is 0.269 e. The third-order valence-corrected chi connectivity index (χ3v) is 6.98. The van der Waals surface area contributed by atoms with Crippen molar-refractivity contribution in [1.82, 2.24) is 35.3 Å². The predicted octanol–water partition coefficient (Wildman–Crippen LogP) is 3.38. The van der Waals surface area contributed by atoms with Crippen molar-refractivity contribution in [1.29, 1.82) is 0 Å². The minimum absolute atomic E-state index is 0.258. The van der Waals surface area contributed by atoms with Crippen LogP contribution in [0.5, 0.6) is 11.5 Å². The van der Waals surface area contributed by atoms with Crippen LogP contribution >= 0.6 is 11.8 Å². The molecule has 0 spiro atoms. The quantitative estimate of drug-likeness (QED) is 0.238. The van der Waals surface area contributed by atoms with E-state index in [0.29, 0.717) is 36.0 Å². The molecule has 0 bridgehead atoms. The number of ether oxygens (including phenoxy) is 2. The summed E-state index contributed by atoms with van der Waals surface area (Å²) in [5.41, 5.74) is 2.46. The van der Waals surface area contributed by atoms with Crippen LogP contribution < -0.4 is 19.7 Å². The Morgan fingerprint density at radius 3 is 2.76 bits per heavy atom. The average molecular weight is 523 g/mol. The number of amides is 1. The monoisotopic (exact) mass is 522 g/mol. The third kappa shape index (κ3) is 5.19. The van der Waals surface area contributed by atoms with Crippen molar-refractivity contribution in [3.05, 3.63) is 36.2 Å². The topological polar surface area (TPSA) is 123 Å². The lowest BCUT2D eigenvalue weighted by Gasteiger charge is -2.17. The molecule has 1 amide bonds. The van der Waals surface area contributed by atoms with E-state index in [1.807, 2.05) is 23.0 Å². The molecule has 37 heavy (non-hydrogen) atoms. The Kier molecular flexibility index (Phi) is 7.45. The van der Waals surface area contributed by atoms with Gasteiger partial charge in [-0.15, -0.1) is 0 Å². The van der Waals surface area contributed by atoms with Gasteiger partial charge in [0.1, 0.15) is 23.0 Å². The second kappa shape index (κ2) is 11.1. The number of anilines is 1. The zero-order valence-corrected chi connectivity index (χ0v) is 22.0. The molecule has 194 valence electrons. The number of aromatic amines is 1. The lowest BCUT2D eigenvalue weighted by atomic mass is 10.1. The fourth-order valence-electron chi connectivity index (χ4n) is 4.41. The summed E-state index contributed by atoms with van der Waals surface area (Å²) in [6, 6.07) is 7.13. The Balaban J connectivity index is 1.29. The molecule has 11 nitrogen and oxygen atoms in total. The van der Waals surface area contributed by atoms with E-state index in [1.54, 1.807) is 38.1 Å². The van der Waals surface area contributed by atoms with Gasteiger partial charge in [0, 0.05) is 25.2 Å². The van der Waals surface area contributed by atoms with Crippen LogP contribution in [-0.4, -0.2) is 75.5 Å². The molecule has 0 atom stereocenters. The van der Waals surface area contributed by atoms with Crippen molar-refractivity contribution >= 4 is 34.5 Å². The highest BCUT2D eigenvalue weighted by atomic mass is 32.2. The summed E-state index contributed by atoms with van der Waals surface area (Å²) in [5.74, 6) is 2.90. The number of hydrogen-bond donors (Lipinski definition) is 2. The molecule has 1 aliphatic heterocycles. The van der Waals surface area contributed by atoms with Gasteiger partial charge in [0.15, 0.2) is 10.8 Å². The van der Waals surface area contributed by atoms with Gasteiger partial charge in [-0.05, 0) is 42.9 Å². The average Bonchev–Trinajstić information content (AvgIpc) is 3.70. The van der Waals surface area contributed by atoms with Crippen molar-refractivity contribution in [2.24, 2.45) is 0 Å². The van der Waals surface area contributed by atoms with Crippen LogP contribution in [0.4, 0.5) is 5.82 Å². The van der Waals surface area contributed by atoms with E-state index < -0.39 is 0 Å². The van der Waals surface area contributed by atoms with Gasteiger partial charge >= 0.3 is 0 Å². The highest BCUT2D eigenvalue weighted by Crippen LogP contribution is 2.33. The maximum absolute atomic E-state index is 12.8. The molecule has 1 aliphatic rings. The van der Waals surface area contributed by atoms with Gasteiger partial charge in [0.2, 0.25) is 0 Å². The van der Waals surface area contributed by atoms with Crippen LogP contribution in [-0.2, 0) is 6.54 Å². The first-order valence-corrected chi connectivity index (χ1v) is 13.3. The van der Waals surface area contributed by atoms with Gasteiger partial charge < -0.3 is 19.7 Å². The predicted molar refractivity (Wildman–Crippen MR) is 143 cm³/mol. The van der Waals surface area contributed by atoms with Crippen molar-refractivity contribution < 1.29 is 14.3 Å². The standard InChI is InChI=1S/C25H30N8O3S/c1-4-37-25-28-22(32-10-5-6-11-32)18-15-27-33(23(18)29-25)12-9-26-24(34)20-14-19(30-31-20)17-13-16(35-2)7-8-21(17)36-3/h7-8,13-15H,4-6,9-12H2,1-3H3,(H,26,34)(H,30,31). The zero-order chi connectivity index (χ0) is 25.8. The molecule has 4 aromatic rings. The lowest BCUT2D eigenvalue weighted by Crippen LogP contribution is -2.28. The van der Waals surface area contributed by atoms with E-state index in [-0.39, 0.29) is 5.91 Å². The molecule has 0 saturated carbocycles. The van der Waals surface area contributed by atoms with Crippen LogP contribution in [0.1, 0.15) is 30.3 Å². The molecule has 1 saturated heterocycles. The second-order valence-corrected chi connectivity index (χ2v) is 9.78. The number of methoxy groups -OCH3 is 2. The first-order valence-electron chi connectivity index (χ1n) is 12.3. The van der Waals surface area contributed by atoms with Crippen molar-refractivity contribution in [2.45, 2.75) is 31.5 Å². The molecule has 0 radical (unpaired) electrons. The molecule has 12 heteroatoms. The normalized spacial score (nSPS) is 13.3. The summed E-state index contributed by atoms with van der Waals surface area (Å²) in [4.78, 5) is 24.7. The summed E-state index contributed by atoms with van der Waals surface area (Å²) in [6.07, 6.45) is 4.16. The fraction of sp³-hybridized carbons (Fsp3) is 0.400. The Hall–Kier alpha value is -3.80. The van der Waals surface area contributed by atoms with E-state index in [2.05, 4.69) is 32.4 Å². The molecule has 1 fully saturated rings. The minimum Gasteiger partial charge on any atom is -0.497 e. The maximum atomic E-state index is 12.8. The molecule has 3 aromatic heterocycles. The van der Waals surface area contributed by atoms with Crippen LogP contribution in [0.25, 0.3) is 22.3 Å². The van der Waals surface area contributed by atoms with Crippen LogP contribution in [0.2, 0.25) is 0 Å². The minimum atomic E-state index is -0.258. The van der Waals surface area contributed by atoms with Crippen LogP contribution in [0, 0.1) is 0 Å². The number of carbonyl (C=O) groups excluding carboxylic acids is 1. The summed E-state index contributed by atoms with van der Waals surface area (Å²) in [7, 11) is 3.19. The summed E-state index contributed by atoms with van der Waals surface area (Å²) >= 11 is 1.62. The Morgan fingerprint density at radius 2 is 2.00 bits per heavy atom. The largest absolute Gasteiger partial charge is 0.497 e. The van der Waals surface area contributed by atoms with Gasteiger partial charge in [-0.1, -0.05) is 18.7 Å². The molecule has 1 aromatic carbocycles. The smallest absolute Gasteiger partial charge is 0.269 e. The zero-order valence-electron chi connectivity index (χ0n) is 21.2. The highest BCUT2D eigenvalue weighted by Gasteiger charge is 2.21. The SMILES string of the molecule is CCSc1nc(N2CCCC2)c2cnn(CCNC(=O)c3cc(-c4cc(OC)ccc4OC)n[nH]3)c2n1. The summed E-state index contributed by atoms with van der Waals surface area (Å²) in [5, 5.41) is 16.3. The van der Waals surface area contributed by atoms with Crippen molar-refractivity contribution in [2.75, 3.05) is 44.5 Å². The molecule has 5 rings (SSSR count). The van der Waals surface area contributed by atoms with Crippen LogP contribution in [0.3, 0.4) is 0 Å². The molecule has 4 heterocycles. The van der Waals surface area contributed by atoms with Gasteiger partial charge in [0.05, 0.1) is 38.0 Å². The van der Waals surface area contributed by atoms with Gasteiger partial charge in [-0.2, -0.15) is 10.2 Å². The van der Waals surface area contributed by atoms with Crippen molar-refractivity contribution in [3.63, 3.8) is 0 Å². The Bertz CT molecular complexity index is 1400. The molecular weight excluding hydrogens is 492 g/mol. The summed E-state index contributed by atoms with van der Waals surface area (Å²) in [6.45, 7) is 4.94. The molecule has 0 unspecified atom stereocenters. The first-order chi connectivity index (χ1) is 18.1. The van der Waals surface area contributed by atoms with E-state index in [1.165, 1.54) is 12.8 Å². The fourth-order valence-corrected chi connectivity index (χ4v) is 4.97. The number of benzene rings is 1. The number of carbonyl (C=O) groups is 1. The number of nitrogens with one attached hydrogen (secondary N) is 2. The van der Waals surface area contributed by atoms with Crippen LogP contribution in [0.15, 0.2) is 35.6 Å².